The highest BCUT2D eigenvalue weighted by Gasteiger charge is 2.12. The van der Waals surface area contributed by atoms with Crippen LogP contribution in [0.4, 0.5) is 0 Å². The molecule has 3 aromatic rings. The van der Waals surface area contributed by atoms with Gasteiger partial charge in [0.15, 0.2) is 0 Å². The lowest BCUT2D eigenvalue weighted by molar-refractivity contribution is 0.0603. The van der Waals surface area contributed by atoms with E-state index in [9.17, 15) is 4.79 Å². The Kier molecular flexibility index (Phi) is 4.33. The standard InChI is InChI=1S/C19H18N2O3/c1-12-11-13(7-9-16(12)23-2)8-10-17-20-15-6-4-5-14(18(15)21-17)19(22)24-3/h4-11H,1-3H3,(H,20,21). The molecule has 5 nitrogen and oxygen atoms in total. The molecule has 122 valence electrons. The largest absolute Gasteiger partial charge is 0.496 e. The molecule has 0 saturated heterocycles. The fourth-order valence-electron chi connectivity index (χ4n) is 2.59. The van der Waals surface area contributed by atoms with Crippen molar-refractivity contribution in [3.8, 4) is 5.75 Å². The van der Waals surface area contributed by atoms with E-state index in [2.05, 4.69) is 9.97 Å². The third-order valence-electron chi connectivity index (χ3n) is 3.79. The van der Waals surface area contributed by atoms with Crippen LogP contribution in [0.5, 0.6) is 5.75 Å². The molecule has 2 aromatic carbocycles. The minimum Gasteiger partial charge on any atom is -0.496 e. The lowest BCUT2D eigenvalue weighted by atomic mass is 10.1. The van der Waals surface area contributed by atoms with E-state index in [1.165, 1.54) is 7.11 Å². The molecule has 0 amide bonds. The first-order chi connectivity index (χ1) is 11.6. The molecule has 5 heteroatoms. The number of H-pyrrole nitrogens is 1. The van der Waals surface area contributed by atoms with Gasteiger partial charge < -0.3 is 14.5 Å². The number of rotatable bonds is 4. The van der Waals surface area contributed by atoms with Gasteiger partial charge in [0.1, 0.15) is 17.1 Å². The Bertz CT molecular complexity index is 926. The predicted molar refractivity (Wildman–Crippen MR) is 94.1 cm³/mol. The molecule has 24 heavy (non-hydrogen) atoms. The molecule has 0 aliphatic carbocycles. The first kappa shape index (κ1) is 15.8. The Morgan fingerprint density at radius 3 is 2.71 bits per heavy atom. The third kappa shape index (κ3) is 3.01. The van der Waals surface area contributed by atoms with E-state index in [1.54, 1.807) is 19.2 Å². The van der Waals surface area contributed by atoms with E-state index in [0.717, 1.165) is 22.4 Å². The number of fused-ring (bicyclic) bond motifs is 1. The minimum absolute atomic E-state index is 0.395. The Labute approximate surface area is 139 Å². The number of benzene rings is 2. The van der Waals surface area contributed by atoms with Gasteiger partial charge in [-0.15, -0.1) is 0 Å². The maximum Gasteiger partial charge on any atom is 0.340 e. The molecule has 0 saturated carbocycles. The summed E-state index contributed by atoms with van der Waals surface area (Å²) in [7, 11) is 3.02. The van der Waals surface area contributed by atoms with Crippen LogP contribution in [0.25, 0.3) is 23.2 Å². The second kappa shape index (κ2) is 6.58. The number of nitrogens with one attached hydrogen (secondary N) is 1. The summed E-state index contributed by atoms with van der Waals surface area (Å²) in [5.41, 5.74) is 3.96. The number of hydrogen-bond acceptors (Lipinski definition) is 4. The van der Waals surface area contributed by atoms with Crippen LogP contribution in [0, 0.1) is 6.92 Å². The molecule has 1 aromatic heterocycles. The van der Waals surface area contributed by atoms with Crippen LogP contribution < -0.4 is 4.74 Å². The van der Waals surface area contributed by atoms with Crippen molar-refractivity contribution in [3.05, 3.63) is 58.9 Å². The second-order valence-corrected chi connectivity index (χ2v) is 5.38. The van der Waals surface area contributed by atoms with Crippen molar-refractivity contribution in [3.63, 3.8) is 0 Å². The van der Waals surface area contributed by atoms with Gasteiger partial charge in [-0.3, -0.25) is 0 Å². The van der Waals surface area contributed by atoms with Gasteiger partial charge in [-0.05, 0) is 48.4 Å². The molecular weight excluding hydrogens is 304 g/mol. The average molecular weight is 322 g/mol. The van der Waals surface area contributed by atoms with Crippen LogP contribution in [0.15, 0.2) is 36.4 Å². The quantitative estimate of drug-likeness (QED) is 0.741. The lowest BCUT2D eigenvalue weighted by Gasteiger charge is -2.04. The van der Waals surface area contributed by atoms with E-state index in [-0.39, 0.29) is 0 Å². The Hall–Kier alpha value is -3.08. The van der Waals surface area contributed by atoms with Gasteiger partial charge in [0.05, 0.1) is 25.3 Å². The molecule has 0 atom stereocenters. The summed E-state index contributed by atoms with van der Waals surface area (Å²) < 4.78 is 10.1. The van der Waals surface area contributed by atoms with E-state index < -0.39 is 5.97 Å². The summed E-state index contributed by atoms with van der Waals surface area (Å²) in [6, 6.07) is 11.3. The number of imidazole rings is 1. The Morgan fingerprint density at radius 1 is 1.17 bits per heavy atom. The summed E-state index contributed by atoms with van der Waals surface area (Å²) >= 11 is 0. The number of aromatic amines is 1. The van der Waals surface area contributed by atoms with E-state index >= 15 is 0 Å². The smallest absolute Gasteiger partial charge is 0.340 e. The van der Waals surface area contributed by atoms with Crippen molar-refractivity contribution >= 4 is 29.2 Å². The average Bonchev–Trinajstić information content (AvgIpc) is 3.02. The first-order valence-electron chi connectivity index (χ1n) is 7.52. The summed E-state index contributed by atoms with van der Waals surface area (Å²) in [6.07, 6.45) is 3.84. The molecule has 0 fully saturated rings. The Morgan fingerprint density at radius 2 is 2.00 bits per heavy atom. The second-order valence-electron chi connectivity index (χ2n) is 5.38. The van der Waals surface area contributed by atoms with Gasteiger partial charge in [0.2, 0.25) is 0 Å². The highest BCUT2D eigenvalue weighted by molar-refractivity contribution is 6.02. The molecule has 0 aliphatic rings. The lowest BCUT2D eigenvalue weighted by Crippen LogP contribution is -2.01. The number of aromatic nitrogens is 2. The summed E-state index contributed by atoms with van der Waals surface area (Å²) in [6.45, 7) is 2.00. The maximum absolute atomic E-state index is 11.8. The van der Waals surface area contributed by atoms with Gasteiger partial charge in [-0.1, -0.05) is 18.2 Å². The monoisotopic (exact) mass is 322 g/mol. The summed E-state index contributed by atoms with van der Waals surface area (Å²) in [4.78, 5) is 19.5. The van der Waals surface area contributed by atoms with Crippen molar-refractivity contribution in [1.82, 2.24) is 9.97 Å². The molecule has 1 heterocycles. The van der Waals surface area contributed by atoms with Crippen LogP contribution in [0.1, 0.15) is 27.3 Å². The number of para-hydroxylation sites is 1. The van der Waals surface area contributed by atoms with Crippen LogP contribution in [-0.2, 0) is 4.74 Å². The van der Waals surface area contributed by atoms with Gasteiger partial charge in [-0.25, -0.2) is 9.78 Å². The zero-order chi connectivity index (χ0) is 17.1. The number of hydrogen-bond donors (Lipinski definition) is 1. The van der Waals surface area contributed by atoms with Gasteiger partial charge >= 0.3 is 5.97 Å². The SMILES string of the molecule is COC(=O)c1cccc2[nH]c(C=Cc3ccc(OC)c(C)c3)nc12. The number of carbonyl (C=O) groups excluding carboxylic acids is 1. The fraction of sp³-hybridized carbons (Fsp3) is 0.158. The van der Waals surface area contributed by atoms with E-state index in [1.807, 2.05) is 43.3 Å². The number of esters is 1. The highest BCUT2D eigenvalue weighted by atomic mass is 16.5. The zero-order valence-electron chi connectivity index (χ0n) is 13.8. The van der Waals surface area contributed by atoms with E-state index in [4.69, 9.17) is 9.47 Å². The molecule has 0 bridgehead atoms. The van der Waals surface area contributed by atoms with Gasteiger partial charge in [0.25, 0.3) is 0 Å². The fourth-order valence-corrected chi connectivity index (χ4v) is 2.59. The molecule has 1 N–H and O–H groups in total. The van der Waals surface area contributed by atoms with Gasteiger partial charge in [0, 0.05) is 0 Å². The number of ether oxygens (including phenoxy) is 2. The van der Waals surface area contributed by atoms with Crippen molar-refractivity contribution < 1.29 is 14.3 Å². The van der Waals surface area contributed by atoms with Crippen LogP contribution >= 0.6 is 0 Å². The topological polar surface area (TPSA) is 64.2 Å². The maximum atomic E-state index is 11.8. The van der Waals surface area contributed by atoms with Crippen molar-refractivity contribution in [2.24, 2.45) is 0 Å². The molecular formula is C19H18N2O3. The minimum atomic E-state index is -0.395. The highest BCUT2D eigenvalue weighted by Crippen LogP contribution is 2.21. The van der Waals surface area contributed by atoms with Crippen LogP contribution in [-0.4, -0.2) is 30.2 Å². The van der Waals surface area contributed by atoms with Crippen molar-refractivity contribution in [2.45, 2.75) is 6.92 Å². The van der Waals surface area contributed by atoms with Gasteiger partial charge in [-0.2, -0.15) is 0 Å². The zero-order valence-corrected chi connectivity index (χ0v) is 13.8. The van der Waals surface area contributed by atoms with Crippen LogP contribution in [0.3, 0.4) is 0 Å². The summed E-state index contributed by atoms with van der Waals surface area (Å²) in [5, 5.41) is 0. The molecule has 0 radical (unpaired) electrons. The Balaban J connectivity index is 1.93. The molecule has 3 rings (SSSR count). The number of aryl methyl sites for hydroxylation is 1. The number of carbonyl (C=O) groups is 1. The normalized spacial score (nSPS) is 11.1. The molecule has 0 unspecified atom stereocenters. The summed E-state index contributed by atoms with van der Waals surface area (Å²) in [5.74, 6) is 1.14. The van der Waals surface area contributed by atoms with Crippen LogP contribution in [0.2, 0.25) is 0 Å². The van der Waals surface area contributed by atoms with Crippen molar-refractivity contribution in [1.29, 1.82) is 0 Å². The molecule has 0 aliphatic heterocycles. The van der Waals surface area contributed by atoms with E-state index in [0.29, 0.717) is 16.9 Å². The first-order valence-corrected chi connectivity index (χ1v) is 7.52. The predicted octanol–water partition coefficient (Wildman–Crippen LogP) is 3.84. The number of methoxy groups -OCH3 is 2. The molecule has 0 spiro atoms. The number of nitrogens with zero attached hydrogens (tertiary/aromatic N) is 1. The van der Waals surface area contributed by atoms with Crippen molar-refractivity contribution in [2.75, 3.05) is 14.2 Å². The third-order valence-corrected chi connectivity index (χ3v) is 3.79.